The minimum atomic E-state index is 0.0855. The second-order valence-corrected chi connectivity index (χ2v) is 4.50. The molecule has 0 amide bonds. The molecule has 2 aromatic heterocycles. The molecule has 0 saturated heterocycles. The van der Waals surface area contributed by atoms with Crippen molar-refractivity contribution in [2.45, 2.75) is 6.42 Å². The first-order chi connectivity index (χ1) is 7.72. The Bertz CT molecular complexity index is 522. The Kier molecular flexibility index (Phi) is 3.55. The SMILES string of the molecule is COCCC(=O)c1ccn2c(I)cnc2c1. The third-order valence-electron chi connectivity index (χ3n) is 2.32. The molecule has 0 spiro atoms. The van der Waals surface area contributed by atoms with Crippen LogP contribution in [0.25, 0.3) is 5.65 Å². The predicted molar refractivity (Wildman–Crippen MR) is 68.7 cm³/mol. The Hall–Kier alpha value is -0.950. The van der Waals surface area contributed by atoms with Crippen LogP contribution in [-0.4, -0.2) is 28.9 Å². The summed E-state index contributed by atoms with van der Waals surface area (Å²) < 4.78 is 7.85. The van der Waals surface area contributed by atoms with Gasteiger partial charge in [-0.25, -0.2) is 4.98 Å². The van der Waals surface area contributed by atoms with E-state index in [0.717, 1.165) is 9.35 Å². The van der Waals surface area contributed by atoms with Crippen LogP contribution < -0.4 is 0 Å². The molecule has 0 saturated carbocycles. The van der Waals surface area contributed by atoms with Crippen molar-refractivity contribution in [3.63, 3.8) is 0 Å². The molecule has 2 aromatic rings. The van der Waals surface area contributed by atoms with Crippen LogP contribution in [-0.2, 0) is 4.74 Å². The van der Waals surface area contributed by atoms with Crippen molar-refractivity contribution >= 4 is 34.0 Å². The molecule has 0 bridgehead atoms. The maximum atomic E-state index is 11.7. The van der Waals surface area contributed by atoms with E-state index < -0.39 is 0 Å². The summed E-state index contributed by atoms with van der Waals surface area (Å²) in [4.78, 5) is 15.9. The number of aromatic nitrogens is 2. The molecule has 2 heterocycles. The second-order valence-electron chi connectivity index (χ2n) is 3.39. The number of carbonyl (C=O) groups excluding carboxylic acids is 1. The number of rotatable bonds is 4. The fourth-order valence-electron chi connectivity index (χ4n) is 1.46. The first kappa shape index (κ1) is 11.5. The average Bonchev–Trinajstić information content (AvgIpc) is 2.67. The highest BCUT2D eigenvalue weighted by Gasteiger charge is 2.07. The average molecular weight is 330 g/mol. The quantitative estimate of drug-likeness (QED) is 0.637. The highest BCUT2D eigenvalue weighted by molar-refractivity contribution is 14.1. The molecule has 4 nitrogen and oxygen atoms in total. The zero-order valence-electron chi connectivity index (χ0n) is 8.81. The molecule has 0 N–H and O–H groups in total. The Morgan fingerprint density at radius 3 is 3.19 bits per heavy atom. The summed E-state index contributed by atoms with van der Waals surface area (Å²) in [6, 6.07) is 3.62. The van der Waals surface area contributed by atoms with Crippen LogP contribution in [0.1, 0.15) is 16.8 Å². The van der Waals surface area contributed by atoms with E-state index in [1.807, 2.05) is 16.7 Å². The van der Waals surface area contributed by atoms with Crippen LogP contribution in [0.3, 0.4) is 0 Å². The fourth-order valence-corrected chi connectivity index (χ4v) is 2.01. The van der Waals surface area contributed by atoms with Crippen molar-refractivity contribution in [2.24, 2.45) is 0 Å². The van der Waals surface area contributed by atoms with Gasteiger partial charge in [-0.05, 0) is 34.7 Å². The minimum absolute atomic E-state index is 0.0855. The van der Waals surface area contributed by atoms with Crippen molar-refractivity contribution in [3.8, 4) is 0 Å². The van der Waals surface area contributed by atoms with Gasteiger partial charge in [-0.1, -0.05) is 0 Å². The summed E-state index contributed by atoms with van der Waals surface area (Å²) >= 11 is 2.20. The molecule has 0 unspecified atom stereocenters. The second kappa shape index (κ2) is 4.92. The highest BCUT2D eigenvalue weighted by atomic mass is 127. The molecule has 0 fully saturated rings. The van der Waals surface area contributed by atoms with Gasteiger partial charge in [0.1, 0.15) is 9.35 Å². The molecule has 16 heavy (non-hydrogen) atoms. The van der Waals surface area contributed by atoms with E-state index in [9.17, 15) is 4.79 Å². The van der Waals surface area contributed by atoms with E-state index in [-0.39, 0.29) is 5.78 Å². The van der Waals surface area contributed by atoms with Crippen LogP contribution in [0.5, 0.6) is 0 Å². The lowest BCUT2D eigenvalue weighted by Crippen LogP contribution is -2.04. The maximum absolute atomic E-state index is 11.7. The van der Waals surface area contributed by atoms with Gasteiger partial charge in [0.15, 0.2) is 5.78 Å². The summed E-state index contributed by atoms with van der Waals surface area (Å²) in [5.41, 5.74) is 1.49. The monoisotopic (exact) mass is 330 g/mol. The van der Waals surface area contributed by atoms with Crippen LogP contribution in [0.2, 0.25) is 0 Å². The molecule has 0 atom stereocenters. The molecule has 0 aliphatic rings. The molecule has 0 aromatic carbocycles. The van der Waals surface area contributed by atoms with Crippen LogP contribution in [0.15, 0.2) is 24.5 Å². The Labute approximate surface area is 107 Å². The number of halogens is 1. The number of ketones is 1. The molecular weight excluding hydrogens is 319 g/mol. The van der Waals surface area contributed by atoms with E-state index >= 15 is 0 Å². The molecule has 0 aliphatic carbocycles. The molecule has 5 heteroatoms. The molecule has 0 radical (unpaired) electrons. The lowest BCUT2D eigenvalue weighted by Gasteiger charge is -2.01. The molecule has 84 valence electrons. The first-order valence-corrected chi connectivity index (χ1v) is 5.95. The van der Waals surface area contributed by atoms with Gasteiger partial charge in [-0.3, -0.25) is 9.20 Å². The third kappa shape index (κ3) is 2.25. The number of nitrogens with zero attached hydrogens (tertiary/aromatic N) is 2. The number of hydrogen-bond acceptors (Lipinski definition) is 3. The third-order valence-corrected chi connectivity index (χ3v) is 3.12. The van der Waals surface area contributed by atoms with Gasteiger partial charge in [0.05, 0.1) is 12.8 Å². The summed E-state index contributed by atoms with van der Waals surface area (Å²) in [7, 11) is 1.59. The highest BCUT2D eigenvalue weighted by Crippen LogP contribution is 2.12. The minimum Gasteiger partial charge on any atom is -0.384 e. The number of methoxy groups -OCH3 is 1. The van der Waals surface area contributed by atoms with Crippen molar-refractivity contribution in [2.75, 3.05) is 13.7 Å². The molecular formula is C11H11IN2O2. The number of hydrogen-bond donors (Lipinski definition) is 0. The number of fused-ring (bicyclic) bond motifs is 1. The standard InChI is InChI=1S/C11H11IN2O2/c1-16-5-3-9(15)8-2-4-14-10(12)7-13-11(14)6-8/h2,4,6-7H,3,5H2,1H3. The maximum Gasteiger partial charge on any atom is 0.165 e. The summed E-state index contributed by atoms with van der Waals surface area (Å²) in [6.45, 7) is 0.454. The lowest BCUT2D eigenvalue weighted by molar-refractivity contribution is 0.0932. The van der Waals surface area contributed by atoms with Gasteiger partial charge in [-0.2, -0.15) is 0 Å². The Morgan fingerprint density at radius 2 is 2.44 bits per heavy atom. The summed E-state index contributed by atoms with van der Waals surface area (Å²) in [5.74, 6) is 0.0855. The largest absolute Gasteiger partial charge is 0.384 e. The summed E-state index contributed by atoms with van der Waals surface area (Å²) in [6.07, 6.45) is 4.05. The Morgan fingerprint density at radius 1 is 1.62 bits per heavy atom. The number of ether oxygens (including phenoxy) is 1. The zero-order valence-corrected chi connectivity index (χ0v) is 11.0. The van der Waals surface area contributed by atoms with E-state index in [2.05, 4.69) is 27.6 Å². The zero-order chi connectivity index (χ0) is 11.5. The van der Waals surface area contributed by atoms with Crippen molar-refractivity contribution in [1.82, 2.24) is 9.38 Å². The molecule has 0 aliphatic heterocycles. The summed E-state index contributed by atoms with van der Waals surface area (Å²) in [5, 5.41) is 0. The van der Waals surface area contributed by atoms with E-state index in [0.29, 0.717) is 18.6 Å². The lowest BCUT2D eigenvalue weighted by atomic mass is 10.1. The van der Waals surface area contributed by atoms with Crippen LogP contribution >= 0.6 is 22.6 Å². The number of Topliss-reactive ketones (excluding diaryl/α,β-unsaturated/α-hetero) is 1. The van der Waals surface area contributed by atoms with E-state index in [1.165, 1.54) is 0 Å². The van der Waals surface area contributed by atoms with Gasteiger partial charge in [0, 0.05) is 25.3 Å². The van der Waals surface area contributed by atoms with Gasteiger partial charge >= 0.3 is 0 Å². The smallest absolute Gasteiger partial charge is 0.165 e. The van der Waals surface area contributed by atoms with Gasteiger partial charge in [0.2, 0.25) is 0 Å². The number of carbonyl (C=O) groups is 1. The predicted octanol–water partition coefficient (Wildman–Crippen LogP) is 2.16. The normalized spacial score (nSPS) is 10.9. The van der Waals surface area contributed by atoms with Crippen LogP contribution in [0.4, 0.5) is 0 Å². The fraction of sp³-hybridized carbons (Fsp3) is 0.273. The Balaban J connectivity index is 2.29. The number of pyridine rings is 1. The van der Waals surface area contributed by atoms with E-state index in [4.69, 9.17) is 4.74 Å². The molecule has 2 rings (SSSR count). The van der Waals surface area contributed by atoms with Crippen molar-refractivity contribution in [3.05, 3.63) is 33.8 Å². The van der Waals surface area contributed by atoms with Crippen LogP contribution in [0, 0.1) is 3.70 Å². The van der Waals surface area contributed by atoms with Gasteiger partial charge in [0.25, 0.3) is 0 Å². The van der Waals surface area contributed by atoms with Crippen molar-refractivity contribution in [1.29, 1.82) is 0 Å². The topological polar surface area (TPSA) is 43.6 Å². The van der Waals surface area contributed by atoms with Gasteiger partial charge < -0.3 is 4.74 Å². The van der Waals surface area contributed by atoms with E-state index in [1.54, 1.807) is 19.4 Å². The van der Waals surface area contributed by atoms with Crippen molar-refractivity contribution < 1.29 is 9.53 Å². The van der Waals surface area contributed by atoms with Gasteiger partial charge in [-0.15, -0.1) is 0 Å². The number of imidazole rings is 1. The first-order valence-electron chi connectivity index (χ1n) is 4.87.